The molecule has 1 aliphatic rings. The first kappa shape index (κ1) is 20.9. The predicted octanol–water partition coefficient (Wildman–Crippen LogP) is 5.58. The van der Waals surface area contributed by atoms with Crippen molar-refractivity contribution in [2.24, 2.45) is 0 Å². The van der Waals surface area contributed by atoms with Crippen LogP contribution in [0.1, 0.15) is 32.0 Å². The van der Waals surface area contributed by atoms with Crippen molar-refractivity contribution in [3.63, 3.8) is 0 Å². The van der Waals surface area contributed by atoms with Gasteiger partial charge in [0.15, 0.2) is 5.82 Å². The molecular formula is C22H22ClFN4OS. The number of hydrogen-bond acceptors (Lipinski definition) is 4. The number of anilines is 1. The van der Waals surface area contributed by atoms with Crippen molar-refractivity contribution in [3.05, 3.63) is 59.1 Å². The van der Waals surface area contributed by atoms with Gasteiger partial charge in [0.2, 0.25) is 5.91 Å². The van der Waals surface area contributed by atoms with E-state index in [1.54, 1.807) is 24.3 Å². The van der Waals surface area contributed by atoms with Crippen molar-refractivity contribution < 1.29 is 9.18 Å². The highest BCUT2D eigenvalue weighted by Gasteiger charge is 2.20. The average Bonchev–Trinajstić information content (AvgIpc) is 2.98. The first-order valence-electron chi connectivity index (χ1n) is 9.96. The van der Waals surface area contributed by atoms with Gasteiger partial charge >= 0.3 is 0 Å². The molecule has 1 unspecified atom stereocenters. The molecule has 1 aliphatic heterocycles. The number of benzene rings is 2. The topological polar surface area (TPSA) is 59.8 Å². The number of carbonyl (C=O) groups is 1. The first-order valence-corrected chi connectivity index (χ1v) is 11.2. The maximum absolute atomic E-state index is 14.6. The molecule has 1 amide bonds. The van der Waals surface area contributed by atoms with Crippen molar-refractivity contribution in [1.82, 2.24) is 14.8 Å². The largest absolute Gasteiger partial charge is 0.325 e. The van der Waals surface area contributed by atoms with E-state index >= 15 is 0 Å². The Morgan fingerprint density at radius 2 is 1.97 bits per heavy atom. The number of nitrogens with one attached hydrogen (secondary N) is 1. The third-order valence-corrected chi connectivity index (χ3v) is 6.44. The molecule has 1 atom stereocenters. The van der Waals surface area contributed by atoms with Gasteiger partial charge in [-0.15, -0.1) is 22.0 Å². The number of halogens is 2. The van der Waals surface area contributed by atoms with Gasteiger partial charge in [0.25, 0.3) is 0 Å². The summed E-state index contributed by atoms with van der Waals surface area (Å²) in [6.45, 7) is 2.61. The molecule has 2 aromatic carbocycles. The Labute approximate surface area is 184 Å². The summed E-state index contributed by atoms with van der Waals surface area (Å²) in [4.78, 5) is 13.6. The predicted molar refractivity (Wildman–Crippen MR) is 118 cm³/mol. The van der Waals surface area contributed by atoms with Crippen LogP contribution in [-0.2, 0) is 17.8 Å². The number of aromatic nitrogens is 3. The molecule has 0 aliphatic carbocycles. The monoisotopic (exact) mass is 444 g/mol. The minimum atomic E-state index is -0.379. The van der Waals surface area contributed by atoms with Gasteiger partial charge in [-0.05, 0) is 62.2 Å². The molecule has 0 saturated carbocycles. The number of nitrogens with zero attached hydrogens (tertiary/aromatic N) is 3. The molecular weight excluding hydrogens is 423 g/mol. The lowest BCUT2D eigenvalue weighted by atomic mass is 10.1. The van der Waals surface area contributed by atoms with Gasteiger partial charge in [0, 0.05) is 28.6 Å². The Bertz CT molecular complexity index is 1050. The van der Waals surface area contributed by atoms with E-state index in [1.807, 2.05) is 23.6 Å². The molecule has 1 N–H and O–H groups in total. The standard InChI is InChI=1S/C22H22ClFN4OS/c1-14(30-17-9-6-15(23)7-10-17)22(29)25-16-8-11-19(24)18(13-16)21-27-26-20-5-3-2-4-12-28(20)21/h6-11,13-14H,2-5,12H2,1H3,(H,25,29). The average molecular weight is 445 g/mol. The van der Waals surface area contributed by atoms with Crippen molar-refractivity contribution in [1.29, 1.82) is 0 Å². The maximum atomic E-state index is 14.6. The van der Waals surface area contributed by atoms with Crippen molar-refractivity contribution in [2.45, 2.75) is 49.3 Å². The molecule has 0 saturated heterocycles. The summed E-state index contributed by atoms with van der Waals surface area (Å²) < 4.78 is 16.6. The summed E-state index contributed by atoms with van der Waals surface area (Å²) >= 11 is 7.35. The van der Waals surface area contributed by atoms with Gasteiger partial charge in [0.1, 0.15) is 11.6 Å². The summed E-state index contributed by atoms with van der Waals surface area (Å²) in [7, 11) is 0. The second kappa shape index (κ2) is 9.18. The molecule has 0 radical (unpaired) electrons. The Hall–Kier alpha value is -2.38. The van der Waals surface area contributed by atoms with Crippen LogP contribution < -0.4 is 5.32 Å². The van der Waals surface area contributed by atoms with Crippen LogP contribution >= 0.6 is 23.4 Å². The third-order valence-electron chi connectivity index (χ3n) is 5.08. The van der Waals surface area contributed by atoms with Gasteiger partial charge < -0.3 is 9.88 Å². The zero-order chi connectivity index (χ0) is 21.1. The molecule has 4 rings (SSSR count). The van der Waals surface area contributed by atoms with E-state index in [2.05, 4.69) is 15.5 Å². The minimum Gasteiger partial charge on any atom is -0.325 e. The molecule has 30 heavy (non-hydrogen) atoms. The molecule has 5 nitrogen and oxygen atoms in total. The van der Waals surface area contributed by atoms with Crippen LogP contribution in [-0.4, -0.2) is 25.9 Å². The highest BCUT2D eigenvalue weighted by atomic mass is 35.5. The summed E-state index contributed by atoms with van der Waals surface area (Å²) in [5.41, 5.74) is 0.886. The molecule has 1 aromatic heterocycles. The van der Waals surface area contributed by atoms with Crippen molar-refractivity contribution in [2.75, 3.05) is 5.32 Å². The SMILES string of the molecule is CC(Sc1ccc(Cl)cc1)C(=O)Nc1ccc(F)c(-c2nnc3n2CCCCC3)c1. The smallest absolute Gasteiger partial charge is 0.237 e. The van der Waals surface area contributed by atoms with Gasteiger partial charge in [-0.1, -0.05) is 18.0 Å². The molecule has 0 bridgehead atoms. The number of aryl methyl sites for hydroxylation is 1. The summed E-state index contributed by atoms with van der Waals surface area (Å²) in [6.07, 6.45) is 4.07. The minimum absolute atomic E-state index is 0.160. The lowest BCUT2D eigenvalue weighted by molar-refractivity contribution is -0.115. The van der Waals surface area contributed by atoms with Crippen LogP contribution in [0.25, 0.3) is 11.4 Å². The summed E-state index contributed by atoms with van der Waals surface area (Å²) in [5.74, 6) is 0.872. The second-order valence-corrected chi connectivity index (χ2v) is 9.15. The number of amides is 1. The third kappa shape index (κ3) is 4.68. The normalized spacial score (nSPS) is 14.6. The van der Waals surface area contributed by atoms with Gasteiger partial charge in [-0.2, -0.15) is 0 Å². The Kier molecular flexibility index (Phi) is 6.39. The van der Waals surface area contributed by atoms with Crippen molar-refractivity contribution >= 4 is 35.0 Å². The zero-order valence-electron chi connectivity index (χ0n) is 16.6. The quantitative estimate of drug-likeness (QED) is 0.521. The Morgan fingerprint density at radius 1 is 1.17 bits per heavy atom. The zero-order valence-corrected chi connectivity index (χ0v) is 18.1. The molecule has 8 heteroatoms. The number of hydrogen-bond donors (Lipinski definition) is 1. The fraction of sp³-hybridized carbons (Fsp3) is 0.318. The fourth-order valence-corrected chi connectivity index (χ4v) is 4.47. The molecule has 0 spiro atoms. The van der Waals surface area contributed by atoms with Crippen LogP contribution in [0, 0.1) is 5.82 Å². The highest BCUT2D eigenvalue weighted by molar-refractivity contribution is 8.00. The number of thioether (sulfide) groups is 1. The van der Waals surface area contributed by atoms with E-state index in [4.69, 9.17) is 11.6 Å². The van der Waals surface area contributed by atoms with Crippen LogP contribution in [0.5, 0.6) is 0 Å². The van der Waals surface area contributed by atoms with E-state index in [-0.39, 0.29) is 17.0 Å². The Balaban J connectivity index is 1.51. The molecule has 3 aromatic rings. The van der Waals surface area contributed by atoms with Gasteiger partial charge in [-0.25, -0.2) is 4.39 Å². The van der Waals surface area contributed by atoms with Gasteiger partial charge in [-0.3, -0.25) is 4.79 Å². The Morgan fingerprint density at radius 3 is 2.77 bits per heavy atom. The van der Waals surface area contributed by atoms with Crippen LogP contribution in [0.4, 0.5) is 10.1 Å². The summed E-state index contributed by atoms with van der Waals surface area (Å²) in [6, 6.07) is 11.9. The van der Waals surface area contributed by atoms with Crippen LogP contribution in [0.2, 0.25) is 5.02 Å². The van der Waals surface area contributed by atoms with Crippen LogP contribution in [0.15, 0.2) is 47.4 Å². The molecule has 2 heterocycles. The van der Waals surface area contributed by atoms with E-state index in [9.17, 15) is 9.18 Å². The van der Waals surface area contributed by atoms with Crippen LogP contribution in [0.3, 0.4) is 0 Å². The molecule has 156 valence electrons. The van der Waals surface area contributed by atoms with E-state index in [0.717, 1.165) is 42.9 Å². The van der Waals surface area contributed by atoms with E-state index < -0.39 is 0 Å². The summed E-state index contributed by atoms with van der Waals surface area (Å²) in [5, 5.41) is 11.7. The molecule has 0 fully saturated rings. The van der Waals surface area contributed by atoms with E-state index in [1.165, 1.54) is 17.8 Å². The van der Waals surface area contributed by atoms with E-state index in [0.29, 0.717) is 22.1 Å². The lowest BCUT2D eigenvalue weighted by Crippen LogP contribution is -2.22. The highest BCUT2D eigenvalue weighted by Crippen LogP contribution is 2.29. The van der Waals surface area contributed by atoms with Crippen molar-refractivity contribution in [3.8, 4) is 11.4 Å². The fourth-order valence-electron chi connectivity index (χ4n) is 3.47. The number of carbonyl (C=O) groups excluding carboxylic acids is 1. The maximum Gasteiger partial charge on any atom is 0.237 e. The number of fused-ring (bicyclic) bond motifs is 1. The van der Waals surface area contributed by atoms with Gasteiger partial charge in [0.05, 0.1) is 10.8 Å². The second-order valence-electron chi connectivity index (χ2n) is 7.30. The lowest BCUT2D eigenvalue weighted by Gasteiger charge is -2.14. The number of rotatable bonds is 5. The first-order chi connectivity index (χ1) is 14.5.